The van der Waals surface area contributed by atoms with Crippen LogP contribution in [0.25, 0.3) is 0 Å². The molecule has 5 nitrogen and oxygen atoms in total. The van der Waals surface area contributed by atoms with Crippen molar-refractivity contribution in [2.75, 3.05) is 18.4 Å². The molecule has 1 amide bonds. The summed E-state index contributed by atoms with van der Waals surface area (Å²) in [5.74, 6) is -0.917. The number of rotatable bonds is 7. The standard InChI is InChI=1S/C16H22N2O3/c1-3-17-10-11(2)14(19)18-13-6-4-12(5-7-13)16(8-9-16)15(20)21/h4-7,11,17H,3,8-10H2,1-2H3,(H,18,19)(H,20,21). The number of nitrogens with one attached hydrogen (secondary N) is 2. The molecule has 114 valence electrons. The normalized spacial score (nSPS) is 17.0. The molecule has 1 fully saturated rings. The average Bonchev–Trinajstić information content (AvgIpc) is 3.27. The quantitative estimate of drug-likeness (QED) is 0.717. The highest BCUT2D eigenvalue weighted by Gasteiger charge is 2.51. The molecule has 0 heterocycles. The molecule has 0 spiro atoms. The van der Waals surface area contributed by atoms with Crippen molar-refractivity contribution in [3.8, 4) is 0 Å². The molecule has 0 aliphatic heterocycles. The highest BCUT2D eigenvalue weighted by molar-refractivity contribution is 5.92. The van der Waals surface area contributed by atoms with E-state index in [1.165, 1.54) is 0 Å². The van der Waals surface area contributed by atoms with Crippen LogP contribution in [0, 0.1) is 5.92 Å². The lowest BCUT2D eigenvalue weighted by atomic mass is 9.96. The van der Waals surface area contributed by atoms with Crippen LogP contribution in [0.1, 0.15) is 32.3 Å². The van der Waals surface area contributed by atoms with Gasteiger partial charge in [0.2, 0.25) is 5.91 Å². The molecule has 21 heavy (non-hydrogen) atoms. The lowest BCUT2D eigenvalue weighted by molar-refractivity contribution is -0.140. The molecular weight excluding hydrogens is 268 g/mol. The van der Waals surface area contributed by atoms with Crippen molar-refractivity contribution < 1.29 is 14.7 Å². The molecule has 0 radical (unpaired) electrons. The van der Waals surface area contributed by atoms with Crippen molar-refractivity contribution in [2.45, 2.75) is 32.1 Å². The molecule has 1 aliphatic carbocycles. The van der Waals surface area contributed by atoms with Crippen LogP contribution in [0.4, 0.5) is 5.69 Å². The van der Waals surface area contributed by atoms with Gasteiger partial charge in [-0.1, -0.05) is 26.0 Å². The van der Waals surface area contributed by atoms with Crippen molar-refractivity contribution in [1.82, 2.24) is 5.32 Å². The van der Waals surface area contributed by atoms with Gasteiger partial charge in [0.05, 0.1) is 5.41 Å². The number of anilines is 1. The van der Waals surface area contributed by atoms with Gasteiger partial charge in [0.15, 0.2) is 0 Å². The smallest absolute Gasteiger partial charge is 0.314 e. The van der Waals surface area contributed by atoms with Crippen molar-refractivity contribution in [3.05, 3.63) is 29.8 Å². The molecule has 2 rings (SSSR count). The predicted octanol–water partition coefficient (Wildman–Crippen LogP) is 1.99. The number of carboxylic acid groups (broad SMARTS) is 1. The Hall–Kier alpha value is -1.88. The van der Waals surface area contributed by atoms with E-state index in [2.05, 4.69) is 10.6 Å². The van der Waals surface area contributed by atoms with Gasteiger partial charge in [0.25, 0.3) is 0 Å². The summed E-state index contributed by atoms with van der Waals surface area (Å²) in [5.41, 5.74) is 0.822. The Labute approximate surface area is 124 Å². The van der Waals surface area contributed by atoms with E-state index in [9.17, 15) is 14.7 Å². The maximum absolute atomic E-state index is 12.0. The zero-order valence-corrected chi connectivity index (χ0v) is 12.5. The molecule has 0 saturated heterocycles. The summed E-state index contributed by atoms with van der Waals surface area (Å²) in [7, 11) is 0. The molecule has 1 atom stereocenters. The SMILES string of the molecule is CCNCC(C)C(=O)Nc1ccc(C2(C(=O)O)CC2)cc1. The van der Waals surface area contributed by atoms with E-state index in [1.54, 1.807) is 24.3 Å². The zero-order valence-electron chi connectivity index (χ0n) is 12.5. The van der Waals surface area contributed by atoms with Gasteiger partial charge in [-0.15, -0.1) is 0 Å². The van der Waals surface area contributed by atoms with E-state index in [1.807, 2.05) is 13.8 Å². The molecule has 1 aromatic carbocycles. The van der Waals surface area contributed by atoms with E-state index >= 15 is 0 Å². The fourth-order valence-electron chi connectivity index (χ4n) is 2.34. The largest absolute Gasteiger partial charge is 0.481 e. The molecule has 1 unspecified atom stereocenters. The minimum atomic E-state index is -0.765. The van der Waals surface area contributed by atoms with Gasteiger partial charge >= 0.3 is 5.97 Å². The third-order valence-corrected chi connectivity index (χ3v) is 4.01. The molecule has 1 aromatic rings. The maximum Gasteiger partial charge on any atom is 0.314 e. The minimum Gasteiger partial charge on any atom is -0.481 e. The first-order valence-electron chi connectivity index (χ1n) is 7.35. The average molecular weight is 290 g/mol. The Bertz CT molecular complexity index is 521. The zero-order chi connectivity index (χ0) is 15.5. The Morgan fingerprint density at radius 2 is 1.90 bits per heavy atom. The Balaban J connectivity index is 1.97. The molecule has 0 aromatic heterocycles. The molecule has 1 saturated carbocycles. The van der Waals surface area contributed by atoms with Gasteiger partial charge in [-0.05, 0) is 37.1 Å². The van der Waals surface area contributed by atoms with Gasteiger partial charge in [-0.25, -0.2) is 0 Å². The van der Waals surface area contributed by atoms with Crippen molar-refractivity contribution in [3.63, 3.8) is 0 Å². The maximum atomic E-state index is 12.0. The van der Waals surface area contributed by atoms with E-state index in [0.29, 0.717) is 25.1 Å². The molecular formula is C16H22N2O3. The highest BCUT2D eigenvalue weighted by atomic mass is 16.4. The van der Waals surface area contributed by atoms with Crippen molar-refractivity contribution in [1.29, 1.82) is 0 Å². The lowest BCUT2D eigenvalue weighted by Gasteiger charge is -2.14. The lowest BCUT2D eigenvalue weighted by Crippen LogP contribution is -2.30. The highest BCUT2D eigenvalue weighted by Crippen LogP contribution is 2.48. The summed E-state index contributed by atoms with van der Waals surface area (Å²) in [6.07, 6.45) is 1.38. The van der Waals surface area contributed by atoms with Crippen LogP contribution in [-0.2, 0) is 15.0 Å². The number of hydrogen-bond donors (Lipinski definition) is 3. The summed E-state index contributed by atoms with van der Waals surface area (Å²) in [6, 6.07) is 7.14. The van der Waals surface area contributed by atoms with Gasteiger partial charge in [0, 0.05) is 18.2 Å². The summed E-state index contributed by atoms with van der Waals surface area (Å²) in [6.45, 7) is 5.35. The first kappa shape index (κ1) is 15.5. The Morgan fingerprint density at radius 1 is 1.29 bits per heavy atom. The van der Waals surface area contributed by atoms with Crippen LogP contribution < -0.4 is 10.6 Å². The monoisotopic (exact) mass is 290 g/mol. The van der Waals surface area contributed by atoms with E-state index < -0.39 is 11.4 Å². The van der Waals surface area contributed by atoms with Gasteiger partial charge in [0.1, 0.15) is 0 Å². The summed E-state index contributed by atoms with van der Waals surface area (Å²) in [5, 5.41) is 15.2. The van der Waals surface area contributed by atoms with Gasteiger partial charge < -0.3 is 15.7 Å². The number of benzene rings is 1. The third-order valence-electron chi connectivity index (χ3n) is 4.01. The van der Waals surface area contributed by atoms with Crippen LogP contribution in [0.5, 0.6) is 0 Å². The number of carbonyl (C=O) groups is 2. The molecule has 3 N–H and O–H groups in total. The van der Waals surface area contributed by atoms with E-state index in [-0.39, 0.29) is 11.8 Å². The van der Waals surface area contributed by atoms with Gasteiger partial charge in [-0.2, -0.15) is 0 Å². The second-order valence-corrected chi connectivity index (χ2v) is 5.66. The summed E-state index contributed by atoms with van der Waals surface area (Å²) < 4.78 is 0. The summed E-state index contributed by atoms with van der Waals surface area (Å²) >= 11 is 0. The van der Waals surface area contributed by atoms with Crippen molar-refractivity contribution in [2.24, 2.45) is 5.92 Å². The minimum absolute atomic E-state index is 0.0388. The topological polar surface area (TPSA) is 78.4 Å². The first-order chi connectivity index (χ1) is 9.99. The van der Waals surface area contributed by atoms with E-state index in [0.717, 1.165) is 12.1 Å². The fraction of sp³-hybridized carbons (Fsp3) is 0.500. The Morgan fingerprint density at radius 3 is 2.38 bits per heavy atom. The number of aliphatic carboxylic acids is 1. The first-order valence-corrected chi connectivity index (χ1v) is 7.35. The molecule has 1 aliphatic rings. The van der Waals surface area contributed by atoms with Crippen molar-refractivity contribution >= 4 is 17.6 Å². The van der Waals surface area contributed by atoms with Crippen LogP contribution in [-0.4, -0.2) is 30.1 Å². The number of hydrogen-bond acceptors (Lipinski definition) is 3. The predicted molar refractivity (Wildman–Crippen MR) is 81.3 cm³/mol. The van der Waals surface area contributed by atoms with Crippen LogP contribution >= 0.6 is 0 Å². The number of carboxylic acids is 1. The van der Waals surface area contributed by atoms with E-state index in [4.69, 9.17) is 0 Å². The molecule has 0 bridgehead atoms. The molecule has 5 heteroatoms. The van der Waals surface area contributed by atoms with Crippen LogP contribution in [0.2, 0.25) is 0 Å². The Kier molecular flexibility index (Phi) is 4.63. The summed E-state index contributed by atoms with van der Waals surface area (Å²) in [4.78, 5) is 23.2. The second-order valence-electron chi connectivity index (χ2n) is 5.66. The van der Waals surface area contributed by atoms with Gasteiger partial charge in [-0.3, -0.25) is 9.59 Å². The fourth-order valence-corrected chi connectivity index (χ4v) is 2.34. The second kappa shape index (κ2) is 6.26. The van der Waals surface area contributed by atoms with Crippen LogP contribution in [0.3, 0.4) is 0 Å². The number of amides is 1. The number of carbonyl (C=O) groups excluding carboxylic acids is 1. The van der Waals surface area contributed by atoms with Crippen LogP contribution in [0.15, 0.2) is 24.3 Å². The third kappa shape index (κ3) is 3.42.